The van der Waals surface area contributed by atoms with Crippen LogP contribution in [0.15, 0.2) is 34.8 Å². The van der Waals surface area contributed by atoms with E-state index >= 15 is 0 Å². The Balaban J connectivity index is 2.06. The second-order valence-corrected chi connectivity index (χ2v) is 5.74. The van der Waals surface area contributed by atoms with Crippen LogP contribution in [0.4, 0.5) is 5.69 Å². The van der Waals surface area contributed by atoms with Gasteiger partial charge in [0.25, 0.3) is 5.69 Å². The fraction of sp³-hybridized carbons (Fsp3) is 0.0909. The third-order valence-electron chi connectivity index (χ3n) is 2.55. The van der Waals surface area contributed by atoms with Crippen LogP contribution >= 0.6 is 23.1 Å². The summed E-state index contributed by atoms with van der Waals surface area (Å²) in [6.45, 7) is 0. The van der Waals surface area contributed by atoms with E-state index in [9.17, 15) is 10.1 Å². The first-order valence-electron chi connectivity index (χ1n) is 5.32. The molecule has 0 bridgehead atoms. The lowest BCUT2D eigenvalue weighted by Gasteiger charge is -1.95. The number of nitrogens with zero attached hydrogens (tertiary/aromatic N) is 4. The molecule has 8 heteroatoms. The normalized spacial score (nSPS) is 11.0. The molecule has 3 aromatic rings. The molecule has 2 aromatic heterocycles. The Bertz CT molecular complexity index is 733. The van der Waals surface area contributed by atoms with E-state index in [1.165, 1.54) is 23.5 Å². The molecule has 0 radical (unpaired) electrons. The number of thioether (sulfide) groups is 1. The number of hydrogen-bond acceptors (Lipinski definition) is 6. The molecule has 2 heterocycles. The molecule has 0 aliphatic heterocycles. The smallest absolute Gasteiger partial charge is 0.258 e. The molecule has 0 saturated carbocycles. The molecule has 19 heavy (non-hydrogen) atoms. The van der Waals surface area contributed by atoms with Gasteiger partial charge in [-0.05, 0) is 6.26 Å². The molecule has 6 nitrogen and oxygen atoms in total. The molecule has 0 amide bonds. The van der Waals surface area contributed by atoms with Gasteiger partial charge in [-0.1, -0.05) is 35.2 Å². The van der Waals surface area contributed by atoms with Crippen molar-refractivity contribution in [2.24, 2.45) is 0 Å². The second kappa shape index (κ2) is 4.63. The molecule has 1 aromatic carbocycles. The third-order valence-corrected chi connectivity index (χ3v) is 4.45. The van der Waals surface area contributed by atoms with Crippen LogP contribution in [-0.2, 0) is 0 Å². The van der Waals surface area contributed by atoms with Crippen molar-refractivity contribution in [2.75, 3.05) is 6.26 Å². The predicted molar refractivity (Wildman–Crippen MR) is 74.7 cm³/mol. The summed E-state index contributed by atoms with van der Waals surface area (Å²) in [6.07, 6.45) is 3.74. The number of fused-ring (bicyclic) bond motifs is 1. The van der Waals surface area contributed by atoms with Gasteiger partial charge < -0.3 is 0 Å². The van der Waals surface area contributed by atoms with E-state index in [-0.39, 0.29) is 5.69 Å². The molecule has 0 N–H and O–H groups in total. The van der Waals surface area contributed by atoms with Crippen molar-refractivity contribution in [1.29, 1.82) is 0 Å². The number of non-ortho nitro benzene ring substituents is 1. The zero-order valence-electron chi connectivity index (χ0n) is 9.81. The molecule has 0 atom stereocenters. The summed E-state index contributed by atoms with van der Waals surface area (Å²) in [5.74, 6) is 0. The maximum atomic E-state index is 10.8. The number of imidazole rings is 1. The van der Waals surface area contributed by atoms with Crippen LogP contribution in [0.1, 0.15) is 0 Å². The zero-order chi connectivity index (χ0) is 13.4. The minimum atomic E-state index is -0.411. The van der Waals surface area contributed by atoms with Gasteiger partial charge in [-0.15, -0.1) is 5.10 Å². The van der Waals surface area contributed by atoms with Crippen molar-refractivity contribution in [1.82, 2.24) is 14.6 Å². The van der Waals surface area contributed by atoms with Crippen LogP contribution in [0.3, 0.4) is 0 Å². The summed E-state index contributed by atoms with van der Waals surface area (Å²) in [7, 11) is 0. The van der Waals surface area contributed by atoms with Crippen molar-refractivity contribution in [3.63, 3.8) is 0 Å². The largest absolute Gasteiger partial charge is 0.270 e. The van der Waals surface area contributed by atoms with Gasteiger partial charge in [-0.3, -0.25) is 10.1 Å². The number of hydrogen-bond donors (Lipinski definition) is 0. The quantitative estimate of drug-likeness (QED) is 0.421. The maximum Gasteiger partial charge on any atom is 0.270 e. The zero-order valence-corrected chi connectivity index (χ0v) is 11.4. The third kappa shape index (κ3) is 2.20. The van der Waals surface area contributed by atoms with Crippen LogP contribution in [0.5, 0.6) is 0 Å². The molecule has 0 fully saturated rings. The van der Waals surface area contributed by atoms with E-state index in [1.807, 2.05) is 6.26 Å². The monoisotopic (exact) mass is 292 g/mol. The lowest BCUT2D eigenvalue weighted by atomic mass is 10.1. The van der Waals surface area contributed by atoms with Crippen LogP contribution in [0.2, 0.25) is 0 Å². The van der Waals surface area contributed by atoms with Gasteiger partial charge in [0.2, 0.25) is 4.96 Å². The minimum Gasteiger partial charge on any atom is -0.258 e. The van der Waals surface area contributed by atoms with Crippen LogP contribution in [-0.4, -0.2) is 25.8 Å². The highest BCUT2D eigenvalue weighted by atomic mass is 32.2. The molecular weight excluding hydrogens is 284 g/mol. The molecule has 0 aliphatic carbocycles. The van der Waals surface area contributed by atoms with Gasteiger partial charge >= 0.3 is 0 Å². The van der Waals surface area contributed by atoms with Crippen molar-refractivity contribution < 1.29 is 4.92 Å². The maximum absolute atomic E-state index is 10.8. The van der Waals surface area contributed by atoms with Crippen LogP contribution < -0.4 is 0 Å². The highest BCUT2D eigenvalue weighted by Crippen LogP contribution is 2.27. The number of aromatic nitrogens is 3. The number of nitro groups is 1. The average Bonchev–Trinajstić information content (AvgIpc) is 2.96. The summed E-state index contributed by atoms with van der Waals surface area (Å²) in [4.78, 5) is 15.6. The highest BCUT2D eigenvalue weighted by Gasteiger charge is 2.12. The Morgan fingerprint density at radius 2 is 2.32 bits per heavy atom. The molecule has 0 aliphatic rings. The lowest BCUT2D eigenvalue weighted by molar-refractivity contribution is -0.384. The summed E-state index contributed by atoms with van der Waals surface area (Å²) in [5, 5.41) is 15.1. The summed E-state index contributed by atoms with van der Waals surface area (Å²) < 4.78 is 2.64. The Morgan fingerprint density at radius 3 is 3.00 bits per heavy atom. The highest BCUT2D eigenvalue weighted by molar-refractivity contribution is 8.00. The van der Waals surface area contributed by atoms with E-state index in [4.69, 9.17) is 0 Å². The van der Waals surface area contributed by atoms with E-state index in [0.717, 1.165) is 14.9 Å². The summed E-state index contributed by atoms with van der Waals surface area (Å²) in [6, 6.07) is 6.44. The number of benzene rings is 1. The number of nitro benzene ring substituents is 1. The van der Waals surface area contributed by atoms with Crippen molar-refractivity contribution in [3.05, 3.63) is 40.6 Å². The number of rotatable bonds is 3. The Labute approximate surface area is 116 Å². The van der Waals surface area contributed by atoms with Gasteiger partial charge in [-0.25, -0.2) is 9.50 Å². The topological polar surface area (TPSA) is 73.3 Å². The molecule has 0 unspecified atom stereocenters. The van der Waals surface area contributed by atoms with Crippen LogP contribution in [0.25, 0.3) is 16.2 Å². The van der Waals surface area contributed by atoms with Crippen molar-refractivity contribution in [2.45, 2.75) is 4.34 Å². The Morgan fingerprint density at radius 1 is 1.47 bits per heavy atom. The van der Waals surface area contributed by atoms with Gasteiger partial charge in [0.1, 0.15) is 0 Å². The first kappa shape index (κ1) is 12.1. The van der Waals surface area contributed by atoms with Gasteiger partial charge in [-0.2, -0.15) is 0 Å². The molecule has 96 valence electrons. The molecular formula is C11H8N4O2S2. The Kier molecular flexibility index (Phi) is 2.96. The van der Waals surface area contributed by atoms with Gasteiger partial charge in [0.15, 0.2) is 4.34 Å². The van der Waals surface area contributed by atoms with Crippen molar-refractivity contribution in [3.8, 4) is 11.3 Å². The van der Waals surface area contributed by atoms with E-state index in [0.29, 0.717) is 5.69 Å². The van der Waals surface area contributed by atoms with Gasteiger partial charge in [0.05, 0.1) is 16.8 Å². The molecule has 3 rings (SSSR count). The SMILES string of the molecule is CSc1nn2cc(-c3cccc([N+](=O)[O-])c3)nc2s1. The lowest BCUT2D eigenvalue weighted by Crippen LogP contribution is -1.88. The fourth-order valence-corrected chi connectivity index (χ4v) is 3.02. The van der Waals surface area contributed by atoms with Crippen molar-refractivity contribution >= 4 is 33.7 Å². The fourth-order valence-electron chi connectivity index (χ4n) is 1.68. The molecule has 0 spiro atoms. The van der Waals surface area contributed by atoms with E-state index < -0.39 is 4.92 Å². The Hall–Kier alpha value is -1.93. The first-order valence-corrected chi connectivity index (χ1v) is 7.36. The summed E-state index contributed by atoms with van der Waals surface area (Å²) >= 11 is 3.06. The van der Waals surface area contributed by atoms with Crippen LogP contribution in [0, 0.1) is 10.1 Å². The minimum absolute atomic E-state index is 0.0617. The van der Waals surface area contributed by atoms with E-state index in [1.54, 1.807) is 34.6 Å². The standard InChI is InChI=1S/C11H8N4O2S2/c1-18-11-13-14-6-9(12-10(14)19-11)7-3-2-4-8(5-7)15(16)17/h2-6H,1H3. The predicted octanol–water partition coefficient (Wildman–Crippen LogP) is 3.09. The second-order valence-electron chi connectivity index (χ2n) is 3.73. The first-order chi connectivity index (χ1) is 9.17. The molecule has 0 saturated heterocycles. The average molecular weight is 292 g/mol. The van der Waals surface area contributed by atoms with Gasteiger partial charge in [0, 0.05) is 17.7 Å². The van der Waals surface area contributed by atoms with E-state index in [2.05, 4.69) is 10.1 Å². The summed E-state index contributed by atoms with van der Waals surface area (Å²) in [5.41, 5.74) is 1.47.